The monoisotopic (exact) mass is 381 g/mol. The van der Waals surface area contributed by atoms with Gasteiger partial charge in [0.15, 0.2) is 5.17 Å². The normalized spacial score (nSPS) is 24.8. The molecule has 7 nitrogen and oxygen atoms in total. The zero-order valence-corrected chi connectivity index (χ0v) is 15.6. The standard InChI is InChI=1S/C17H20FN3O4S/c1-16(2,3)25-15(22)19-14-20-17(9-10(17)6-7-26-14)12-8-11(21(23)24)4-5-13(12)18/h4-5,8,10H,6-7,9H2,1-3H3,(H,19,20,22). The Balaban J connectivity index is 1.90. The quantitative estimate of drug-likeness (QED) is 0.618. The van der Waals surface area contributed by atoms with Gasteiger partial charge in [-0.1, -0.05) is 11.8 Å². The number of thioether (sulfide) groups is 1. The Morgan fingerprint density at radius 2 is 2.23 bits per heavy atom. The lowest BCUT2D eigenvalue weighted by Gasteiger charge is -2.20. The van der Waals surface area contributed by atoms with Gasteiger partial charge < -0.3 is 4.74 Å². The van der Waals surface area contributed by atoms with Crippen LogP contribution in [-0.2, 0) is 10.3 Å². The third-order valence-electron chi connectivity index (χ3n) is 4.31. The molecule has 0 radical (unpaired) electrons. The zero-order valence-electron chi connectivity index (χ0n) is 14.7. The number of hydrogen-bond donors (Lipinski definition) is 1. The highest BCUT2D eigenvalue weighted by molar-refractivity contribution is 8.13. The van der Waals surface area contributed by atoms with Gasteiger partial charge >= 0.3 is 6.09 Å². The summed E-state index contributed by atoms with van der Waals surface area (Å²) < 4.78 is 19.7. The number of aliphatic imine (C=N–C) groups is 1. The number of non-ortho nitro benzene ring substituents is 1. The van der Waals surface area contributed by atoms with Crippen molar-refractivity contribution in [2.24, 2.45) is 10.9 Å². The summed E-state index contributed by atoms with van der Waals surface area (Å²) in [6, 6.07) is 3.49. The zero-order chi connectivity index (χ0) is 19.1. The average molecular weight is 381 g/mol. The number of hydrogen-bond acceptors (Lipinski definition) is 6. The molecule has 1 aromatic carbocycles. The van der Waals surface area contributed by atoms with Crippen LogP contribution in [0.4, 0.5) is 14.9 Å². The molecule has 2 atom stereocenters. The number of alkyl carbamates (subject to hydrolysis) is 1. The van der Waals surface area contributed by atoms with E-state index in [4.69, 9.17) is 4.74 Å². The lowest BCUT2D eigenvalue weighted by atomic mass is 10.0. The molecule has 1 saturated carbocycles. The van der Waals surface area contributed by atoms with Gasteiger partial charge in [0.1, 0.15) is 11.4 Å². The van der Waals surface area contributed by atoms with E-state index in [-0.39, 0.29) is 17.2 Å². The summed E-state index contributed by atoms with van der Waals surface area (Å²) in [5.74, 6) is 0.298. The molecule has 3 rings (SSSR count). The number of carbonyl (C=O) groups is 1. The minimum atomic E-state index is -0.857. The number of ether oxygens (including phenoxy) is 1. The van der Waals surface area contributed by atoms with E-state index in [1.165, 1.54) is 17.8 Å². The second-order valence-electron chi connectivity index (χ2n) is 7.43. The van der Waals surface area contributed by atoms with Crippen molar-refractivity contribution in [2.45, 2.75) is 44.8 Å². The lowest BCUT2D eigenvalue weighted by Crippen LogP contribution is -2.35. The van der Waals surface area contributed by atoms with Crippen molar-refractivity contribution in [2.75, 3.05) is 5.75 Å². The largest absolute Gasteiger partial charge is 0.444 e. The predicted octanol–water partition coefficient (Wildman–Crippen LogP) is 3.97. The van der Waals surface area contributed by atoms with E-state index in [1.54, 1.807) is 20.8 Å². The van der Waals surface area contributed by atoms with Gasteiger partial charge in [0.25, 0.3) is 5.69 Å². The van der Waals surface area contributed by atoms with Crippen molar-refractivity contribution in [3.8, 4) is 0 Å². The number of amidine groups is 1. The Kier molecular flexibility index (Phi) is 4.68. The molecule has 2 aliphatic rings. The maximum absolute atomic E-state index is 14.4. The van der Waals surface area contributed by atoms with E-state index < -0.39 is 28.0 Å². The molecule has 1 aliphatic heterocycles. The molecule has 2 unspecified atom stereocenters. The SMILES string of the molecule is CC(C)(C)OC(=O)NC1=NC2(c3cc([N+](=O)[O-])ccc3F)CC2CCS1. The first kappa shape index (κ1) is 18.6. The van der Waals surface area contributed by atoms with E-state index in [0.29, 0.717) is 11.6 Å². The summed E-state index contributed by atoms with van der Waals surface area (Å²) >= 11 is 1.36. The van der Waals surface area contributed by atoms with Gasteiger partial charge in [-0.05, 0) is 45.6 Å². The fourth-order valence-electron chi connectivity index (χ4n) is 3.11. The van der Waals surface area contributed by atoms with Gasteiger partial charge in [0.05, 0.1) is 10.5 Å². The number of benzene rings is 1. The van der Waals surface area contributed by atoms with Gasteiger partial charge in [0.2, 0.25) is 0 Å². The topological polar surface area (TPSA) is 93.8 Å². The summed E-state index contributed by atoms with van der Waals surface area (Å²) in [6.45, 7) is 5.27. The Hall–Kier alpha value is -2.16. The fourth-order valence-corrected chi connectivity index (χ4v) is 4.09. The van der Waals surface area contributed by atoms with Crippen LogP contribution in [0.2, 0.25) is 0 Å². The van der Waals surface area contributed by atoms with Gasteiger partial charge in [-0.2, -0.15) is 0 Å². The van der Waals surface area contributed by atoms with Gasteiger partial charge in [-0.3, -0.25) is 20.4 Å². The van der Waals surface area contributed by atoms with Crippen LogP contribution in [0.1, 0.15) is 39.2 Å². The summed E-state index contributed by atoms with van der Waals surface area (Å²) in [6.07, 6.45) is 0.763. The van der Waals surface area contributed by atoms with Crippen molar-refractivity contribution in [3.05, 3.63) is 39.7 Å². The van der Waals surface area contributed by atoms with Gasteiger partial charge in [-0.15, -0.1) is 0 Å². The number of rotatable bonds is 2. The van der Waals surface area contributed by atoms with Crippen LogP contribution in [0.15, 0.2) is 23.2 Å². The highest BCUT2D eigenvalue weighted by Crippen LogP contribution is 2.59. The Morgan fingerprint density at radius 3 is 2.88 bits per heavy atom. The molecule has 9 heteroatoms. The number of nitrogens with one attached hydrogen (secondary N) is 1. The molecule has 0 spiro atoms. The molecule has 0 aromatic heterocycles. The fraction of sp³-hybridized carbons (Fsp3) is 0.529. The van der Waals surface area contributed by atoms with E-state index in [1.807, 2.05) is 0 Å². The molecule has 1 aliphatic carbocycles. The van der Waals surface area contributed by atoms with Crippen molar-refractivity contribution >= 4 is 28.7 Å². The van der Waals surface area contributed by atoms with Crippen LogP contribution < -0.4 is 5.32 Å². The highest BCUT2D eigenvalue weighted by Gasteiger charge is 2.58. The Bertz CT molecular complexity index is 793. The molecular formula is C17H20FN3O4S. The summed E-state index contributed by atoms with van der Waals surface area (Å²) in [7, 11) is 0. The Morgan fingerprint density at radius 1 is 1.50 bits per heavy atom. The smallest absolute Gasteiger partial charge is 0.413 e. The number of nitro groups is 1. The number of amides is 1. The molecule has 0 saturated heterocycles. The van der Waals surface area contributed by atoms with Crippen LogP contribution in [0, 0.1) is 21.8 Å². The second-order valence-corrected chi connectivity index (χ2v) is 8.51. The third-order valence-corrected chi connectivity index (χ3v) is 5.22. The molecule has 1 heterocycles. The molecule has 1 amide bonds. The molecule has 0 bridgehead atoms. The minimum Gasteiger partial charge on any atom is -0.444 e. The predicted molar refractivity (Wildman–Crippen MR) is 96.7 cm³/mol. The van der Waals surface area contributed by atoms with Crippen LogP contribution in [0.3, 0.4) is 0 Å². The maximum Gasteiger partial charge on any atom is 0.413 e. The molecule has 1 N–H and O–H groups in total. The molecule has 1 aromatic rings. The van der Waals surface area contributed by atoms with Gasteiger partial charge in [0, 0.05) is 23.4 Å². The van der Waals surface area contributed by atoms with Crippen LogP contribution in [-0.4, -0.2) is 27.5 Å². The molecule has 1 fully saturated rings. The molecular weight excluding hydrogens is 361 g/mol. The van der Waals surface area contributed by atoms with Crippen LogP contribution in [0.5, 0.6) is 0 Å². The summed E-state index contributed by atoms with van der Waals surface area (Å²) in [5.41, 5.74) is -1.46. The van der Waals surface area contributed by atoms with E-state index in [9.17, 15) is 19.3 Å². The number of nitro benzene ring substituents is 1. The third kappa shape index (κ3) is 3.82. The highest BCUT2D eigenvalue weighted by atomic mass is 32.2. The van der Waals surface area contributed by atoms with Crippen molar-refractivity contribution in [3.63, 3.8) is 0 Å². The second kappa shape index (κ2) is 6.53. The molecule has 140 valence electrons. The number of halogens is 1. The van der Waals surface area contributed by atoms with Crippen LogP contribution in [0.25, 0.3) is 0 Å². The average Bonchev–Trinajstić information content (AvgIpc) is 3.19. The van der Waals surface area contributed by atoms with E-state index >= 15 is 0 Å². The first-order valence-electron chi connectivity index (χ1n) is 8.28. The van der Waals surface area contributed by atoms with E-state index in [0.717, 1.165) is 24.3 Å². The Labute approximate surface area is 154 Å². The van der Waals surface area contributed by atoms with E-state index in [2.05, 4.69) is 10.3 Å². The first-order chi connectivity index (χ1) is 12.1. The maximum atomic E-state index is 14.4. The van der Waals surface area contributed by atoms with Crippen molar-refractivity contribution in [1.82, 2.24) is 5.32 Å². The number of carbonyl (C=O) groups excluding carboxylic acids is 1. The lowest BCUT2D eigenvalue weighted by molar-refractivity contribution is -0.385. The minimum absolute atomic E-state index is 0.101. The molecule has 26 heavy (non-hydrogen) atoms. The first-order valence-corrected chi connectivity index (χ1v) is 9.26. The summed E-state index contributed by atoms with van der Waals surface area (Å²) in [5, 5.41) is 14.0. The van der Waals surface area contributed by atoms with Crippen molar-refractivity contribution < 1.29 is 18.8 Å². The summed E-state index contributed by atoms with van der Waals surface area (Å²) in [4.78, 5) is 27.1. The van der Waals surface area contributed by atoms with Gasteiger partial charge in [-0.25, -0.2) is 9.18 Å². The van der Waals surface area contributed by atoms with Crippen molar-refractivity contribution in [1.29, 1.82) is 0 Å². The number of nitrogens with zero attached hydrogens (tertiary/aromatic N) is 2. The van der Waals surface area contributed by atoms with Crippen LogP contribution >= 0.6 is 11.8 Å². The number of fused-ring (bicyclic) bond motifs is 1.